The molecule has 0 aromatic rings. The van der Waals surface area contributed by atoms with Crippen molar-refractivity contribution < 1.29 is 0 Å². The molecule has 0 bridgehead atoms. The summed E-state index contributed by atoms with van der Waals surface area (Å²) in [7, 11) is 0. The largest absolute Gasteiger partial charge is 0.316 e. The zero-order valence-electron chi connectivity index (χ0n) is 9.13. The number of rotatable bonds is 4. The number of piperidine rings is 1. The van der Waals surface area contributed by atoms with Crippen molar-refractivity contribution in [3.05, 3.63) is 36.5 Å². The van der Waals surface area contributed by atoms with Crippen LogP contribution in [-0.2, 0) is 0 Å². The van der Waals surface area contributed by atoms with E-state index in [1.54, 1.807) is 0 Å². The van der Waals surface area contributed by atoms with Crippen molar-refractivity contribution in [2.45, 2.75) is 26.2 Å². The number of nitrogens with one attached hydrogen (secondary N) is 1. The van der Waals surface area contributed by atoms with Crippen LogP contribution in [0.4, 0.5) is 0 Å². The fraction of sp³-hybridized carbons (Fsp3) is 0.538. The molecule has 1 aliphatic rings. The van der Waals surface area contributed by atoms with E-state index in [0.29, 0.717) is 0 Å². The SMILES string of the molecule is C=C/C=C(C)\C=C/CC1CCCNC1. The fourth-order valence-electron chi connectivity index (χ4n) is 1.81. The van der Waals surface area contributed by atoms with Crippen LogP contribution >= 0.6 is 0 Å². The van der Waals surface area contributed by atoms with Crippen LogP contribution in [0, 0.1) is 5.92 Å². The molecule has 1 N–H and O–H groups in total. The average Bonchev–Trinajstić information content (AvgIpc) is 2.20. The number of allylic oxidation sites excluding steroid dienone is 5. The fourth-order valence-corrected chi connectivity index (χ4v) is 1.81. The van der Waals surface area contributed by atoms with E-state index in [1.165, 1.54) is 37.9 Å². The Hall–Kier alpha value is -0.820. The molecule has 78 valence electrons. The lowest BCUT2D eigenvalue weighted by Gasteiger charge is -2.21. The van der Waals surface area contributed by atoms with Crippen molar-refractivity contribution in [3.63, 3.8) is 0 Å². The second kappa shape index (κ2) is 6.61. The molecule has 0 saturated carbocycles. The molecule has 0 aliphatic carbocycles. The van der Waals surface area contributed by atoms with Crippen molar-refractivity contribution >= 4 is 0 Å². The topological polar surface area (TPSA) is 12.0 Å². The molecule has 1 atom stereocenters. The molecule has 1 heteroatoms. The van der Waals surface area contributed by atoms with E-state index in [4.69, 9.17) is 0 Å². The predicted molar refractivity (Wildman–Crippen MR) is 63.3 cm³/mol. The lowest BCUT2D eigenvalue weighted by molar-refractivity contribution is 0.381. The van der Waals surface area contributed by atoms with Crippen LogP contribution in [0.3, 0.4) is 0 Å². The van der Waals surface area contributed by atoms with E-state index in [0.717, 1.165) is 5.92 Å². The molecule has 0 aromatic carbocycles. The third-order valence-electron chi connectivity index (χ3n) is 2.63. The first-order valence-corrected chi connectivity index (χ1v) is 5.49. The summed E-state index contributed by atoms with van der Waals surface area (Å²) in [6.07, 6.45) is 12.3. The zero-order chi connectivity index (χ0) is 10.2. The summed E-state index contributed by atoms with van der Waals surface area (Å²) in [5.41, 5.74) is 1.28. The van der Waals surface area contributed by atoms with Crippen molar-refractivity contribution in [1.82, 2.24) is 5.32 Å². The Morgan fingerprint density at radius 1 is 1.57 bits per heavy atom. The predicted octanol–water partition coefficient (Wildman–Crippen LogP) is 3.06. The van der Waals surface area contributed by atoms with Gasteiger partial charge in [-0.3, -0.25) is 0 Å². The van der Waals surface area contributed by atoms with Gasteiger partial charge in [0.1, 0.15) is 0 Å². The smallest absolute Gasteiger partial charge is 0.00175 e. The lowest BCUT2D eigenvalue weighted by atomic mass is 9.96. The highest BCUT2D eigenvalue weighted by molar-refractivity contribution is 5.20. The molecule has 1 fully saturated rings. The normalized spacial score (nSPS) is 24.1. The van der Waals surface area contributed by atoms with Crippen LogP contribution in [-0.4, -0.2) is 13.1 Å². The monoisotopic (exact) mass is 191 g/mol. The van der Waals surface area contributed by atoms with E-state index < -0.39 is 0 Å². The van der Waals surface area contributed by atoms with Gasteiger partial charge < -0.3 is 5.32 Å². The van der Waals surface area contributed by atoms with Crippen LogP contribution in [0.25, 0.3) is 0 Å². The summed E-state index contributed by atoms with van der Waals surface area (Å²) in [4.78, 5) is 0. The summed E-state index contributed by atoms with van der Waals surface area (Å²) in [6.45, 7) is 8.18. The van der Waals surface area contributed by atoms with E-state index >= 15 is 0 Å². The molecule has 1 aliphatic heterocycles. The maximum absolute atomic E-state index is 3.68. The number of hydrogen-bond donors (Lipinski definition) is 1. The van der Waals surface area contributed by atoms with Gasteiger partial charge in [0.05, 0.1) is 0 Å². The third-order valence-corrected chi connectivity index (χ3v) is 2.63. The van der Waals surface area contributed by atoms with Gasteiger partial charge in [-0.15, -0.1) is 0 Å². The first-order valence-electron chi connectivity index (χ1n) is 5.49. The maximum Gasteiger partial charge on any atom is -0.00175 e. The second-order valence-corrected chi connectivity index (χ2v) is 4.00. The second-order valence-electron chi connectivity index (χ2n) is 4.00. The molecule has 1 nitrogen and oxygen atoms in total. The molecular weight excluding hydrogens is 170 g/mol. The Kier molecular flexibility index (Phi) is 5.31. The van der Waals surface area contributed by atoms with Crippen LogP contribution < -0.4 is 5.32 Å². The van der Waals surface area contributed by atoms with Crippen molar-refractivity contribution in [1.29, 1.82) is 0 Å². The highest BCUT2D eigenvalue weighted by Crippen LogP contribution is 2.14. The maximum atomic E-state index is 3.68. The van der Waals surface area contributed by atoms with Gasteiger partial charge in [-0.25, -0.2) is 0 Å². The summed E-state index contributed by atoms with van der Waals surface area (Å²) in [6, 6.07) is 0. The average molecular weight is 191 g/mol. The highest BCUT2D eigenvalue weighted by atomic mass is 14.9. The Bertz CT molecular complexity index is 219. The Balaban J connectivity index is 2.24. The summed E-state index contributed by atoms with van der Waals surface area (Å²) < 4.78 is 0. The Morgan fingerprint density at radius 3 is 3.07 bits per heavy atom. The van der Waals surface area contributed by atoms with Crippen LogP contribution in [0.1, 0.15) is 26.2 Å². The molecule has 0 spiro atoms. The first kappa shape index (κ1) is 11.3. The van der Waals surface area contributed by atoms with Gasteiger partial charge in [0.25, 0.3) is 0 Å². The van der Waals surface area contributed by atoms with Gasteiger partial charge in [-0.1, -0.05) is 36.5 Å². The van der Waals surface area contributed by atoms with E-state index in [-0.39, 0.29) is 0 Å². The van der Waals surface area contributed by atoms with E-state index in [9.17, 15) is 0 Å². The minimum atomic E-state index is 0.844. The summed E-state index contributed by atoms with van der Waals surface area (Å²) in [5, 5.41) is 3.43. The third kappa shape index (κ3) is 4.43. The molecule has 1 rings (SSSR count). The summed E-state index contributed by atoms with van der Waals surface area (Å²) in [5.74, 6) is 0.844. The van der Waals surface area contributed by atoms with Crippen LogP contribution in [0.15, 0.2) is 36.5 Å². The van der Waals surface area contributed by atoms with Crippen molar-refractivity contribution in [2.75, 3.05) is 13.1 Å². The van der Waals surface area contributed by atoms with Crippen molar-refractivity contribution in [2.24, 2.45) is 5.92 Å². The van der Waals surface area contributed by atoms with Crippen LogP contribution in [0.2, 0.25) is 0 Å². The standard InChI is InChI=1S/C13H21N/c1-3-6-12(2)7-4-8-13-9-5-10-14-11-13/h3-4,6-7,13-14H,1,5,8-11H2,2H3/b7-4-,12-6-. The lowest BCUT2D eigenvalue weighted by Crippen LogP contribution is -2.29. The summed E-state index contributed by atoms with van der Waals surface area (Å²) >= 11 is 0. The Morgan fingerprint density at radius 2 is 2.43 bits per heavy atom. The van der Waals surface area contributed by atoms with Gasteiger partial charge >= 0.3 is 0 Å². The zero-order valence-corrected chi connectivity index (χ0v) is 9.13. The van der Waals surface area contributed by atoms with Gasteiger partial charge in [0, 0.05) is 0 Å². The van der Waals surface area contributed by atoms with E-state index in [2.05, 4.69) is 31.0 Å². The molecule has 1 unspecified atom stereocenters. The Labute approximate surface area is 87.6 Å². The van der Waals surface area contributed by atoms with Crippen molar-refractivity contribution in [3.8, 4) is 0 Å². The van der Waals surface area contributed by atoms with E-state index in [1.807, 2.05) is 12.2 Å². The molecule has 1 heterocycles. The molecule has 0 aromatic heterocycles. The minimum Gasteiger partial charge on any atom is -0.316 e. The molecule has 0 amide bonds. The van der Waals surface area contributed by atoms with Gasteiger partial charge in [0.2, 0.25) is 0 Å². The number of hydrogen-bond acceptors (Lipinski definition) is 1. The van der Waals surface area contributed by atoms with Gasteiger partial charge in [-0.2, -0.15) is 0 Å². The molecular formula is C13H21N. The van der Waals surface area contributed by atoms with Gasteiger partial charge in [-0.05, 0) is 45.2 Å². The molecule has 14 heavy (non-hydrogen) atoms. The van der Waals surface area contributed by atoms with Crippen LogP contribution in [0.5, 0.6) is 0 Å². The minimum absolute atomic E-state index is 0.844. The quantitative estimate of drug-likeness (QED) is 0.673. The molecule has 1 saturated heterocycles. The first-order chi connectivity index (χ1) is 6.83. The van der Waals surface area contributed by atoms with Gasteiger partial charge in [0.15, 0.2) is 0 Å². The molecule has 0 radical (unpaired) electrons. The highest BCUT2D eigenvalue weighted by Gasteiger charge is 2.10.